The van der Waals surface area contributed by atoms with Gasteiger partial charge >= 0.3 is 0 Å². The zero-order valence-electron chi connectivity index (χ0n) is 18.0. The van der Waals surface area contributed by atoms with E-state index in [2.05, 4.69) is 19.9 Å². The van der Waals surface area contributed by atoms with Crippen LogP contribution in [0, 0.1) is 0 Å². The Balaban J connectivity index is 0.00000180. The van der Waals surface area contributed by atoms with Crippen molar-refractivity contribution in [2.24, 2.45) is 0 Å². The van der Waals surface area contributed by atoms with Crippen LogP contribution in [0.25, 0.3) is 10.9 Å². The van der Waals surface area contributed by atoms with Gasteiger partial charge in [0, 0.05) is 56.0 Å². The predicted octanol–water partition coefficient (Wildman–Crippen LogP) is 4.44. The summed E-state index contributed by atoms with van der Waals surface area (Å²) in [6.07, 6.45) is 4.25. The van der Waals surface area contributed by atoms with E-state index in [9.17, 15) is 13.2 Å². The summed E-state index contributed by atoms with van der Waals surface area (Å²) in [4.78, 5) is 18.9. The number of sulfonamides is 1. The van der Waals surface area contributed by atoms with Crippen LogP contribution in [-0.2, 0) is 21.4 Å². The van der Waals surface area contributed by atoms with Gasteiger partial charge in [-0.15, -0.1) is 11.3 Å². The number of carbonyl (C=O) groups excluding carboxylic acids is 1. The van der Waals surface area contributed by atoms with Gasteiger partial charge in [0.05, 0.1) is 4.90 Å². The number of rotatable bonds is 7. The normalized spacial score (nSPS) is 16.1. The highest BCUT2D eigenvalue weighted by molar-refractivity contribution is 7.93. The van der Waals surface area contributed by atoms with Crippen molar-refractivity contribution < 1.29 is 16.1 Å². The number of fused-ring (bicyclic) bond motifs is 1. The average molecular weight is 520 g/mol. The van der Waals surface area contributed by atoms with Crippen LogP contribution in [-0.4, -0.2) is 43.0 Å². The zero-order chi connectivity index (χ0) is 23.7. The molecule has 1 saturated heterocycles. The maximum absolute atomic E-state index is 12.7. The minimum absolute atomic E-state index is 0. The molecule has 34 heavy (non-hydrogen) atoms. The molecule has 1 atom stereocenters. The molecule has 0 spiro atoms. The van der Waals surface area contributed by atoms with Gasteiger partial charge in [0.1, 0.15) is 6.54 Å². The second-order valence-corrected chi connectivity index (χ2v) is 11.1. The summed E-state index contributed by atoms with van der Waals surface area (Å²) in [5.41, 5.74) is 1.84. The molecule has 1 aliphatic heterocycles. The standard InChI is InChI=1S/C23H22ClN5O3S2.2H2/c24-17-2-1-16-7-10-29(21(16)13-17)15-22(30)26-18-8-11-28(14-18)19-3-5-20(6-4-19)34(31,32)27-23-25-9-12-33-23;;/h1-7,9-10,12-13,18H,8,11,14-15H2,(H,25,27)(H,26,30);2*1H/t18-;;/m0../s1. The minimum Gasteiger partial charge on any atom is -0.369 e. The Kier molecular flexibility index (Phi) is 6.20. The molecule has 2 N–H and O–H groups in total. The lowest BCUT2D eigenvalue weighted by Gasteiger charge is -2.19. The summed E-state index contributed by atoms with van der Waals surface area (Å²) in [6, 6.07) is 14.4. The van der Waals surface area contributed by atoms with E-state index in [-0.39, 0.29) is 26.2 Å². The molecule has 1 amide bonds. The second kappa shape index (κ2) is 9.28. The molecule has 1 aliphatic rings. The van der Waals surface area contributed by atoms with Crippen LogP contribution in [0.3, 0.4) is 0 Å². The molecule has 2 aromatic carbocycles. The molecule has 8 nitrogen and oxygen atoms in total. The number of amides is 1. The largest absolute Gasteiger partial charge is 0.369 e. The van der Waals surface area contributed by atoms with E-state index in [1.54, 1.807) is 35.8 Å². The number of nitrogens with one attached hydrogen (secondary N) is 2. The van der Waals surface area contributed by atoms with E-state index in [1.165, 1.54) is 11.3 Å². The Labute approximate surface area is 209 Å². The molecule has 4 aromatic rings. The molecule has 180 valence electrons. The van der Waals surface area contributed by atoms with Crippen LogP contribution < -0.4 is 14.9 Å². The molecule has 11 heteroatoms. The zero-order valence-corrected chi connectivity index (χ0v) is 20.4. The van der Waals surface area contributed by atoms with Crippen LogP contribution in [0.5, 0.6) is 0 Å². The highest BCUT2D eigenvalue weighted by Crippen LogP contribution is 2.24. The lowest BCUT2D eigenvalue weighted by atomic mass is 10.2. The molecular weight excluding hydrogens is 494 g/mol. The molecule has 0 unspecified atom stereocenters. The summed E-state index contributed by atoms with van der Waals surface area (Å²) in [5, 5.41) is 6.83. The number of nitrogens with zero attached hydrogens (tertiary/aromatic N) is 3. The first-order chi connectivity index (χ1) is 16.4. The fourth-order valence-corrected chi connectivity index (χ4v) is 6.07. The van der Waals surface area contributed by atoms with Gasteiger partial charge in [-0.25, -0.2) is 13.4 Å². The molecule has 0 bridgehead atoms. The number of carbonyl (C=O) groups is 1. The van der Waals surface area contributed by atoms with Gasteiger partial charge in [0.15, 0.2) is 5.13 Å². The number of halogens is 1. The van der Waals surface area contributed by atoms with Crippen molar-refractivity contribution in [3.8, 4) is 0 Å². The Morgan fingerprint density at radius 1 is 1.21 bits per heavy atom. The predicted molar refractivity (Wildman–Crippen MR) is 139 cm³/mol. The molecule has 2 aromatic heterocycles. The number of thiazole rings is 1. The van der Waals surface area contributed by atoms with E-state index in [1.807, 2.05) is 35.0 Å². The monoisotopic (exact) mass is 519 g/mol. The summed E-state index contributed by atoms with van der Waals surface area (Å²) >= 11 is 7.33. The first kappa shape index (κ1) is 22.7. The third-order valence-electron chi connectivity index (χ3n) is 5.77. The Hall–Kier alpha value is -3.08. The van der Waals surface area contributed by atoms with E-state index in [4.69, 9.17) is 11.6 Å². The first-order valence-electron chi connectivity index (χ1n) is 10.7. The molecule has 3 heterocycles. The highest BCUT2D eigenvalue weighted by atomic mass is 35.5. The van der Waals surface area contributed by atoms with Crippen LogP contribution in [0.2, 0.25) is 5.02 Å². The smallest absolute Gasteiger partial charge is 0.263 e. The second-order valence-electron chi connectivity index (χ2n) is 8.08. The van der Waals surface area contributed by atoms with E-state index in [0.717, 1.165) is 29.6 Å². The van der Waals surface area contributed by atoms with Crippen molar-refractivity contribution in [3.63, 3.8) is 0 Å². The van der Waals surface area contributed by atoms with Gasteiger partial charge < -0.3 is 14.8 Å². The van der Waals surface area contributed by atoms with Gasteiger partial charge in [-0.05, 0) is 54.3 Å². The van der Waals surface area contributed by atoms with Crippen LogP contribution in [0.4, 0.5) is 10.8 Å². The Bertz CT molecular complexity index is 1430. The van der Waals surface area contributed by atoms with Crippen molar-refractivity contribution in [2.75, 3.05) is 22.7 Å². The van der Waals surface area contributed by atoms with E-state index < -0.39 is 10.0 Å². The third-order valence-corrected chi connectivity index (χ3v) is 8.18. The summed E-state index contributed by atoms with van der Waals surface area (Å²) < 4.78 is 29.4. The summed E-state index contributed by atoms with van der Waals surface area (Å²) in [5.74, 6) is -0.0565. The van der Waals surface area contributed by atoms with Gasteiger partial charge in [-0.3, -0.25) is 9.52 Å². The topological polar surface area (TPSA) is 96.3 Å². The fourth-order valence-electron chi connectivity index (χ4n) is 4.12. The lowest BCUT2D eigenvalue weighted by Crippen LogP contribution is -2.38. The van der Waals surface area contributed by atoms with E-state index in [0.29, 0.717) is 16.7 Å². The van der Waals surface area contributed by atoms with Crippen molar-refractivity contribution in [2.45, 2.75) is 23.9 Å². The van der Waals surface area contributed by atoms with Crippen LogP contribution in [0.15, 0.2) is 71.2 Å². The fraction of sp³-hybridized carbons (Fsp3) is 0.217. The molecular formula is C23H26ClN5O3S2. The van der Waals surface area contributed by atoms with Crippen molar-refractivity contribution in [3.05, 3.63) is 71.3 Å². The van der Waals surface area contributed by atoms with Gasteiger partial charge in [-0.2, -0.15) is 0 Å². The maximum atomic E-state index is 12.7. The number of hydrogen-bond acceptors (Lipinski definition) is 6. The highest BCUT2D eigenvalue weighted by Gasteiger charge is 2.25. The minimum atomic E-state index is -3.68. The molecule has 0 saturated carbocycles. The lowest BCUT2D eigenvalue weighted by molar-refractivity contribution is -0.122. The van der Waals surface area contributed by atoms with Crippen molar-refractivity contribution in [1.29, 1.82) is 0 Å². The molecule has 5 rings (SSSR count). The number of benzene rings is 2. The molecule has 0 aliphatic carbocycles. The molecule has 1 fully saturated rings. The van der Waals surface area contributed by atoms with Crippen LogP contribution >= 0.6 is 22.9 Å². The SMILES string of the molecule is O=C(Cn1ccc2ccc(Cl)cc21)N[C@H]1CCN(c2ccc(S(=O)(=O)Nc3nccs3)cc2)C1.[HH].[HH]. The third kappa shape index (κ3) is 4.89. The maximum Gasteiger partial charge on any atom is 0.263 e. The van der Waals surface area contributed by atoms with Crippen LogP contribution in [0.1, 0.15) is 9.27 Å². The quantitative estimate of drug-likeness (QED) is 0.376. The van der Waals surface area contributed by atoms with Crippen molar-refractivity contribution in [1.82, 2.24) is 14.9 Å². The van der Waals surface area contributed by atoms with Gasteiger partial charge in [0.2, 0.25) is 5.91 Å². The van der Waals surface area contributed by atoms with Gasteiger partial charge in [-0.1, -0.05) is 17.7 Å². The van der Waals surface area contributed by atoms with Crippen molar-refractivity contribution >= 4 is 60.6 Å². The first-order valence-corrected chi connectivity index (χ1v) is 13.4. The molecule has 0 radical (unpaired) electrons. The van der Waals surface area contributed by atoms with Gasteiger partial charge in [0.25, 0.3) is 10.0 Å². The summed E-state index contributed by atoms with van der Waals surface area (Å²) in [7, 11) is -3.68. The number of anilines is 2. The van der Waals surface area contributed by atoms with E-state index >= 15 is 0 Å². The summed E-state index contributed by atoms with van der Waals surface area (Å²) in [6.45, 7) is 1.66. The number of aromatic nitrogens is 2. The average Bonchev–Trinajstić information content (AvgIpc) is 3.56. The Morgan fingerprint density at radius 2 is 2.03 bits per heavy atom. The Morgan fingerprint density at radius 3 is 2.79 bits per heavy atom. The number of hydrogen-bond donors (Lipinski definition) is 2.